The van der Waals surface area contributed by atoms with Gasteiger partial charge in [-0.05, 0) is 64.5 Å². The molecule has 2 fully saturated rings. The average Bonchev–Trinajstić information content (AvgIpc) is 3.40. The Morgan fingerprint density at radius 2 is 2.08 bits per heavy atom. The lowest BCUT2D eigenvalue weighted by atomic mass is 10.1. The molecule has 3 aromatic heterocycles. The number of benzene rings is 1. The van der Waals surface area contributed by atoms with E-state index in [1.807, 2.05) is 22.8 Å². The Morgan fingerprint density at radius 3 is 2.89 bits per heavy atom. The average molecular weight is 550 g/mol. The molecule has 1 aliphatic heterocycles. The Hall–Kier alpha value is -3.57. The van der Waals surface area contributed by atoms with Gasteiger partial charge in [0.05, 0.1) is 17.5 Å². The minimum absolute atomic E-state index is 0.0439. The summed E-state index contributed by atoms with van der Waals surface area (Å²) in [5.74, 6) is 0.808. The number of nitrogen functional groups attached to an aromatic ring is 1. The third-order valence-electron chi connectivity index (χ3n) is 7.00. The van der Waals surface area contributed by atoms with Gasteiger partial charge in [0.15, 0.2) is 0 Å². The van der Waals surface area contributed by atoms with Crippen LogP contribution in [0.4, 0.5) is 11.6 Å². The first-order valence-electron chi connectivity index (χ1n) is 11.7. The number of pyridine rings is 1. The number of amides is 2. The van der Waals surface area contributed by atoms with E-state index < -0.39 is 6.04 Å². The first kappa shape index (κ1) is 22.9. The maximum atomic E-state index is 13.7. The minimum atomic E-state index is -0.539. The van der Waals surface area contributed by atoms with Gasteiger partial charge in [-0.1, -0.05) is 12.1 Å². The smallest absolute Gasteiger partial charge is 0.248 e. The van der Waals surface area contributed by atoms with Crippen molar-refractivity contribution in [2.24, 2.45) is 5.92 Å². The Balaban J connectivity index is 1.32. The molecule has 0 radical (unpaired) electrons. The first-order valence-corrected chi connectivity index (χ1v) is 12.5. The van der Waals surface area contributed by atoms with Gasteiger partial charge in [0, 0.05) is 18.5 Å². The van der Waals surface area contributed by atoms with Gasteiger partial charge in [-0.2, -0.15) is 0 Å². The van der Waals surface area contributed by atoms with Crippen LogP contribution in [0, 0.1) is 5.92 Å². The second-order valence-electron chi connectivity index (χ2n) is 9.28. The topological polar surface area (TPSA) is 128 Å². The van der Waals surface area contributed by atoms with Crippen molar-refractivity contribution in [2.75, 3.05) is 18.2 Å². The van der Waals surface area contributed by atoms with E-state index in [1.165, 1.54) is 6.33 Å². The van der Waals surface area contributed by atoms with E-state index in [0.29, 0.717) is 46.2 Å². The van der Waals surface area contributed by atoms with E-state index in [4.69, 9.17) is 10.5 Å². The van der Waals surface area contributed by atoms with E-state index in [0.717, 1.165) is 22.9 Å². The summed E-state index contributed by atoms with van der Waals surface area (Å²) in [6.07, 6.45) is 2.98. The van der Waals surface area contributed by atoms with Crippen LogP contribution in [0.3, 0.4) is 0 Å². The van der Waals surface area contributed by atoms with Gasteiger partial charge in [0.1, 0.15) is 40.8 Å². The Bertz CT molecular complexity index is 1520. The number of fused-ring (bicyclic) bond motifs is 4. The highest BCUT2D eigenvalue weighted by Gasteiger charge is 2.56. The van der Waals surface area contributed by atoms with Crippen molar-refractivity contribution >= 4 is 61.3 Å². The van der Waals surface area contributed by atoms with E-state index in [2.05, 4.69) is 36.2 Å². The third kappa shape index (κ3) is 3.88. The number of nitrogens with zero attached hydrogens (tertiary/aromatic N) is 5. The maximum absolute atomic E-state index is 13.7. The molecule has 3 atom stereocenters. The number of carbonyl (C=O) groups is 2. The fourth-order valence-electron chi connectivity index (χ4n) is 5.36. The predicted molar refractivity (Wildman–Crippen MR) is 138 cm³/mol. The molecule has 0 bridgehead atoms. The Kier molecular flexibility index (Phi) is 5.60. The van der Waals surface area contributed by atoms with Crippen molar-refractivity contribution in [3.05, 3.63) is 52.9 Å². The number of ether oxygens (including phenoxy) is 1. The van der Waals surface area contributed by atoms with E-state index in [1.54, 1.807) is 30.2 Å². The molecule has 1 saturated heterocycles. The van der Waals surface area contributed by atoms with Gasteiger partial charge in [-0.3, -0.25) is 9.59 Å². The number of nitrogens with one attached hydrogen (secondary N) is 1. The third-order valence-corrected chi connectivity index (χ3v) is 7.44. The van der Waals surface area contributed by atoms with Crippen molar-refractivity contribution in [3.63, 3.8) is 0 Å². The molecule has 2 aliphatic rings. The lowest BCUT2D eigenvalue weighted by Crippen LogP contribution is -2.46. The Labute approximate surface area is 215 Å². The molecule has 3 N–H and O–H groups in total. The second kappa shape index (κ2) is 8.82. The molecule has 1 aromatic carbocycles. The molecule has 0 spiro atoms. The van der Waals surface area contributed by atoms with Crippen LogP contribution >= 0.6 is 15.9 Å². The number of anilines is 2. The number of piperidine rings is 1. The van der Waals surface area contributed by atoms with Crippen LogP contribution in [0.1, 0.15) is 18.4 Å². The lowest BCUT2D eigenvalue weighted by Gasteiger charge is -2.27. The highest BCUT2D eigenvalue weighted by molar-refractivity contribution is 9.10. The zero-order valence-corrected chi connectivity index (χ0v) is 21.1. The summed E-state index contributed by atoms with van der Waals surface area (Å²) >= 11 is 3.32. The van der Waals surface area contributed by atoms with Crippen LogP contribution in [-0.2, 0) is 27.5 Å². The summed E-state index contributed by atoms with van der Waals surface area (Å²) in [6, 6.07) is 10.8. The number of rotatable bonds is 6. The molecular formula is C25H24BrN7O3. The molecule has 184 valence electrons. The van der Waals surface area contributed by atoms with Crippen molar-refractivity contribution in [1.29, 1.82) is 0 Å². The molecule has 0 unspecified atom stereocenters. The number of hydrogen-bond acceptors (Lipinski definition) is 7. The fourth-order valence-corrected chi connectivity index (χ4v) is 5.70. The summed E-state index contributed by atoms with van der Waals surface area (Å²) in [5.41, 5.74) is 8.64. The van der Waals surface area contributed by atoms with Gasteiger partial charge >= 0.3 is 0 Å². The quantitative estimate of drug-likeness (QED) is 0.353. The standard InChI is InChI=1S/C25H24BrN7O3/c1-36-11-13-5-6-16-15(7-13)22-23(27)28-12-29-24(22)32(16)10-21(34)33-17-8-14(17)9-18(33)25(35)31-20-4-2-3-19(26)30-20/h2-7,12,14,17-18H,8-11H2,1H3,(H2,27,28,29)(H,30,31,35)/t14-,17-,18+/m1/s1. The number of likely N-dealkylation sites (tertiary alicyclic amines) is 1. The molecule has 2 amide bonds. The van der Waals surface area contributed by atoms with Crippen molar-refractivity contribution in [1.82, 2.24) is 24.4 Å². The van der Waals surface area contributed by atoms with Gasteiger partial charge in [0.25, 0.3) is 0 Å². The second-order valence-corrected chi connectivity index (χ2v) is 10.1. The van der Waals surface area contributed by atoms with Gasteiger partial charge < -0.3 is 25.3 Å². The van der Waals surface area contributed by atoms with E-state index in [-0.39, 0.29) is 24.4 Å². The summed E-state index contributed by atoms with van der Waals surface area (Å²) in [7, 11) is 1.64. The minimum Gasteiger partial charge on any atom is -0.383 e. The lowest BCUT2D eigenvalue weighted by molar-refractivity contribution is -0.138. The molecule has 10 nitrogen and oxygen atoms in total. The maximum Gasteiger partial charge on any atom is 0.248 e. The number of methoxy groups -OCH3 is 1. The number of halogens is 1. The molecule has 6 rings (SSSR count). The highest BCUT2D eigenvalue weighted by Crippen LogP contribution is 2.48. The Morgan fingerprint density at radius 1 is 1.22 bits per heavy atom. The van der Waals surface area contributed by atoms with Crippen LogP contribution < -0.4 is 11.1 Å². The van der Waals surface area contributed by atoms with Crippen LogP contribution in [0.5, 0.6) is 0 Å². The summed E-state index contributed by atoms with van der Waals surface area (Å²) in [6.45, 7) is 0.498. The van der Waals surface area contributed by atoms with Crippen molar-refractivity contribution in [3.8, 4) is 0 Å². The van der Waals surface area contributed by atoms with E-state index in [9.17, 15) is 9.59 Å². The van der Waals surface area contributed by atoms with Crippen LogP contribution in [0.15, 0.2) is 47.3 Å². The van der Waals surface area contributed by atoms with Gasteiger partial charge in [0.2, 0.25) is 11.8 Å². The predicted octanol–water partition coefficient (Wildman–Crippen LogP) is 3.10. The largest absolute Gasteiger partial charge is 0.383 e. The molecule has 1 aliphatic carbocycles. The van der Waals surface area contributed by atoms with Crippen LogP contribution in [-0.4, -0.2) is 55.4 Å². The normalized spacial score (nSPS) is 20.6. The van der Waals surface area contributed by atoms with Crippen molar-refractivity contribution < 1.29 is 14.3 Å². The summed E-state index contributed by atoms with van der Waals surface area (Å²) < 4.78 is 7.77. The zero-order valence-electron chi connectivity index (χ0n) is 19.5. The van der Waals surface area contributed by atoms with E-state index >= 15 is 0 Å². The number of hydrogen-bond donors (Lipinski definition) is 2. The summed E-state index contributed by atoms with van der Waals surface area (Å²) in [4.78, 5) is 41.5. The van der Waals surface area contributed by atoms with Crippen LogP contribution in [0.2, 0.25) is 0 Å². The zero-order chi connectivity index (χ0) is 25.0. The monoisotopic (exact) mass is 549 g/mol. The highest BCUT2D eigenvalue weighted by atomic mass is 79.9. The molecule has 36 heavy (non-hydrogen) atoms. The molecule has 4 heterocycles. The summed E-state index contributed by atoms with van der Waals surface area (Å²) in [5, 5.41) is 4.44. The first-order chi connectivity index (χ1) is 17.4. The van der Waals surface area contributed by atoms with Gasteiger partial charge in [-0.25, -0.2) is 15.0 Å². The number of carbonyl (C=O) groups excluding carboxylic acids is 2. The van der Waals surface area contributed by atoms with Gasteiger partial charge in [-0.15, -0.1) is 0 Å². The number of aromatic nitrogens is 4. The SMILES string of the molecule is COCc1ccc2c(c1)c1c(N)ncnc1n2CC(=O)N1[C@@H]2C[C@@H]2C[C@H]1C(=O)Nc1cccc(Br)n1. The molecule has 11 heteroatoms. The molecule has 1 saturated carbocycles. The molecule has 4 aromatic rings. The molecular weight excluding hydrogens is 526 g/mol. The number of nitrogens with two attached hydrogens (primary N) is 1. The van der Waals surface area contributed by atoms with Crippen molar-refractivity contribution in [2.45, 2.75) is 38.1 Å². The fraction of sp³-hybridized carbons (Fsp3) is 0.320. The van der Waals surface area contributed by atoms with Crippen LogP contribution in [0.25, 0.3) is 21.9 Å².